The first-order valence-corrected chi connectivity index (χ1v) is 8.33. The quantitative estimate of drug-likeness (QED) is 0.486. The van der Waals surface area contributed by atoms with E-state index in [9.17, 15) is 13.6 Å². The Kier molecular flexibility index (Phi) is 7.95. The van der Waals surface area contributed by atoms with E-state index in [0.717, 1.165) is 0 Å². The first-order chi connectivity index (χ1) is 13.1. The van der Waals surface area contributed by atoms with Crippen molar-refractivity contribution in [3.8, 4) is 5.75 Å². The first kappa shape index (κ1) is 20.1. The minimum Gasteiger partial charge on any atom is -0.434 e. The highest BCUT2D eigenvalue weighted by Crippen LogP contribution is 2.20. The van der Waals surface area contributed by atoms with Gasteiger partial charge in [-0.05, 0) is 25.1 Å². The van der Waals surface area contributed by atoms with Crippen LogP contribution in [-0.2, 0) is 11.3 Å². The van der Waals surface area contributed by atoms with Gasteiger partial charge >= 0.3 is 6.61 Å². The number of aromatic nitrogens is 1. The fourth-order valence-corrected chi connectivity index (χ4v) is 2.16. The predicted molar refractivity (Wildman–Crippen MR) is 98.8 cm³/mol. The molecule has 0 saturated heterocycles. The number of hydrogen-bond acceptors (Lipinski definition) is 4. The molecule has 2 rings (SSSR count). The van der Waals surface area contributed by atoms with Crippen LogP contribution in [-0.4, -0.2) is 36.6 Å². The Morgan fingerprint density at radius 2 is 2.04 bits per heavy atom. The Morgan fingerprint density at radius 1 is 1.22 bits per heavy atom. The lowest BCUT2D eigenvalue weighted by Crippen LogP contribution is -2.41. The number of rotatable bonds is 8. The Hall–Kier alpha value is -3.23. The number of hydrogen-bond donors (Lipinski definition) is 3. The van der Waals surface area contributed by atoms with Crippen LogP contribution in [0.1, 0.15) is 12.5 Å². The number of pyridine rings is 1. The van der Waals surface area contributed by atoms with Gasteiger partial charge < -0.3 is 20.7 Å². The van der Waals surface area contributed by atoms with Crippen molar-refractivity contribution < 1.29 is 18.3 Å². The largest absolute Gasteiger partial charge is 0.434 e. The molecule has 1 amide bonds. The maximum atomic E-state index is 12.5. The lowest BCUT2D eigenvalue weighted by Gasteiger charge is -2.13. The summed E-state index contributed by atoms with van der Waals surface area (Å²) in [5.74, 6) is 0.183. The van der Waals surface area contributed by atoms with E-state index in [1.165, 1.54) is 12.3 Å². The topological polar surface area (TPSA) is 87.6 Å². The minimum atomic E-state index is -2.90. The van der Waals surface area contributed by atoms with Crippen LogP contribution < -0.4 is 20.7 Å². The van der Waals surface area contributed by atoms with Crippen LogP contribution in [0.25, 0.3) is 0 Å². The monoisotopic (exact) mass is 377 g/mol. The second-order valence-electron chi connectivity index (χ2n) is 5.32. The van der Waals surface area contributed by atoms with Crippen LogP contribution in [0.2, 0.25) is 0 Å². The van der Waals surface area contributed by atoms with Crippen LogP contribution >= 0.6 is 0 Å². The van der Waals surface area contributed by atoms with E-state index in [1.54, 1.807) is 36.5 Å². The fraction of sp³-hybridized carbons (Fsp3) is 0.278. The van der Waals surface area contributed by atoms with Crippen molar-refractivity contribution in [2.24, 2.45) is 4.99 Å². The predicted octanol–water partition coefficient (Wildman–Crippen LogP) is 2.38. The zero-order valence-corrected chi connectivity index (χ0v) is 14.8. The molecule has 0 fully saturated rings. The zero-order valence-electron chi connectivity index (χ0n) is 14.8. The van der Waals surface area contributed by atoms with Crippen LogP contribution in [0, 0.1) is 0 Å². The molecule has 0 aliphatic rings. The molecule has 1 aromatic heterocycles. The third kappa shape index (κ3) is 7.27. The summed E-state index contributed by atoms with van der Waals surface area (Å²) in [7, 11) is 0. The first-order valence-electron chi connectivity index (χ1n) is 8.33. The molecule has 7 nitrogen and oxygen atoms in total. The van der Waals surface area contributed by atoms with Crippen LogP contribution in [0.3, 0.4) is 0 Å². The summed E-state index contributed by atoms with van der Waals surface area (Å²) in [5, 5.41) is 8.57. The molecule has 2 aromatic rings. The van der Waals surface area contributed by atoms with Gasteiger partial charge in [-0.2, -0.15) is 8.78 Å². The van der Waals surface area contributed by atoms with Gasteiger partial charge in [-0.1, -0.05) is 18.2 Å². The summed E-state index contributed by atoms with van der Waals surface area (Å²) in [6.45, 7) is -0.359. The van der Waals surface area contributed by atoms with Gasteiger partial charge in [-0.25, -0.2) is 4.99 Å². The summed E-state index contributed by atoms with van der Waals surface area (Å²) in [4.78, 5) is 20.2. The number of nitrogens with one attached hydrogen (secondary N) is 3. The van der Waals surface area contributed by atoms with Gasteiger partial charge in [0.15, 0.2) is 5.96 Å². The summed E-state index contributed by atoms with van der Waals surface area (Å²) >= 11 is 0. The zero-order chi connectivity index (χ0) is 19.5. The number of guanidine groups is 1. The van der Waals surface area contributed by atoms with Crippen molar-refractivity contribution >= 4 is 17.6 Å². The van der Waals surface area contributed by atoms with E-state index in [1.807, 2.05) is 6.92 Å². The van der Waals surface area contributed by atoms with E-state index < -0.39 is 6.61 Å². The van der Waals surface area contributed by atoms with E-state index in [2.05, 4.69) is 30.7 Å². The highest BCUT2D eigenvalue weighted by Gasteiger charge is 2.09. The maximum Gasteiger partial charge on any atom is 0.387 e. The van der Waals surface area contributed by atoms with Gasteiger partial charge in [-0.3, -0.25) is 9.78 Å². The summed E-state index contributed by atoms with van der Waals surface area (Å²) in [6, 6.07) is 9.87. The molecule has 0 bridgehead atoms. The lowest BCUT2D eigenvalue weighted by molar-refractivity contribution is -0.115. The van der Waals surface area contributed by atoms with Crippen LogP contribution in [0.4, 0.5) is 14.5 Å². The number of anilines is 1. The fourth-order valence-electron chi connectivity index (χ4n) is 2.16. The van der Waals surface area contributed by atoms with Crippen molar-refractivity contribution in [1.82, 2.24) is 15.6 Å². The summed E-state index contributed by atoms with van der Waals surface area (Å²) < 4.78 is 29.4. The van der Waals surface area contributed by atoms with Gasteiger partial charge in [0.25, 0.3) is 0 Å². The third-order valence-electron chi connectivity index (χ3n) is 3.30. The van der Waals surface area contributed by atoms with Crippen molar-refractivity contribution in [3.05, 3.63) is 54.4 Å². The van der Waals surface area contributed by atoms with Crippen LogP contribution in [0.15, 0.2) is 53.8 Å². The number of halogens is 2. The van der Waals surface area contributed by atoms with E-state index in [4.69, 9.17) is 0 Å². The molecule has 144 valence electrons. The number of aliphatic imine (C=N–C) groups is 1. The Morgan fingerprint density at radius 3 is 2.74 bits per heavy atom. The highest BCUT2D eigenvalue weighted by molar-refractivity contribution is 5.94. The van der Waals surface area contributed by atoms with Crippen molar-refractivity contribution in [3.63, 3.8) is 0 Å². The molecular formula is C18H21F2N5O2. The average molecular weight is 377 g/mol. The van der Waals surface area contributed by atoms with E-state index >= 15 is 0 Å². The van der Waals surface area contributed by atoms with Crippen LogP contribution in [0.5, 0.6) is 5.75 Å². The van der Waals surface area contributed by atoms with Gasteiger partial charge in [0.1, 0.15) is 5.75 Å². The molecule has 0 unspecified atom stereocenters. The molecule has 9 heteroatoms. The second-order valence-corrected chi connectivity index (χ2v) is 5.32. The van der Waals surface area contributed by atoms with E-state index in [0.29, 0.717) is 23.8 Å². The molecule has 0 radical (unpaired) electrons. The Labute approximate surface area is 155 Å². The molecule has 1 aromatic carbocycles. The summed E-state index contributed by atoms with van der Waals surface area (Å²) in [6.07, 6.45) is 3.15. The SMILES string of the molecule is CCNC(=NCc1ccccc1OC(F)F)NCC(=O)Nc1cccnc1. The average Bonchev–Trinajstić information content (AvgIpc) is 2.65. The number of ether oxygens (including phenoxy) is 1. The van der Waals surface area contributed by atoms with Gasteiger partial charge in [0, 0.05) is 18.3 Å². The molecule has 0 aliphatic carbocycles. The minimum absolute atomic E-state index is 0.0179. The number of nitrogens with zero attached hydrogens (tertiary/aromatic N) is 2. The highest BCUT2D eigenvalue weighted by atomic mass is 19.3. The number of amides is 1. The second kappa shape index (κ2) is 10.7. The normalized spacial score (nSPS) is 11.2. The molecular weight excluding hydrogens is 356 g/mol. The Bertz CT molecular complexity index is 756. The standard InChI is InChI=1S/C18H21F2N5O2/c1-2-22-18(24-12-16(26)25-14-7-5-9-21-11-14)23-10-13-6-3-4-8-15(13)27-17(19)20/h3-9,11,17H,2,10,12H2,1H3,(H,25,26)(H2,22,23,24). The number of carbonyl (C=O) groups excluding carboxylic acids is 1. The maximum absolute atomic E-state index is 12.5. The Balaban J connectivity index is 1.95. The lowest BCUT2D eigenvalue weighted by atomic mass is 10.2. The molecule has 0 saturated carbocycles. The molecule has 0 spiro atoms. The van der Waals surface area contributed by atoms with Gasteiger partial charge in [0.05, 0.1) is 25.0 Å². The molecule has 0 atom stereocenters. The van der Waals surface area contributed by atoms with Crippen molar-refractivity contribution in [1.29, 1.82) is 0 Å². The number of carbonyl (C=O) groups is 1. The van der Waals surface area contributed by atoms with Crippen molar-refractivity contribution in [2.45, 2.75) is 20.1 Å². The molecule has 1 heterocycles. The number of para-hydroxylation sites is 1. The third-order valence-corrected chi connectivity index (χ3v) is 3.30. The van der Waals surface area contributed by atoms with Gasteiger partial charge in [-0.15, -0.1) is 0 Å². The number of benzene rings is 1. The molecule has 27 heavy (non-hydrogen) atoms. The molecule has 0 aliphatic heterocycles. The smallest absolute Gasteiger partial charge is 0.387 e. The van der Waals surface area contributed by atoms with Gasteiger partial charge in [0.2, 0.25) is 5.91 Å². The molecule has 3 N–H and O–H groups in total. The van der Waals surface area contributed by atoms with Crippen molar-refractivity contribution in [2.75, 3.05) is 18.4 Å². The summed E-state index contributed by atoms with van der Waals surface area (Å²) in [5.41, 5.74) is 1.10. The van der Waals surface area contributed by atoms with E-state index in [-0.39, 0.29) is 24.7 Å². The number of alkyl halides is 2.